The Bertz CT molecular complexity index is 452. The molecular weight excluding hydrogens is 256 g/mol. The van der Waals surface area contributed by atoms with E-state index in [0.717, 1.165) is 12.8 Å². The van der Waals surface area contributed by atoms with Crippen LogP contribution in [0.1, 0.15) is 73.1 Å². The van der Waals surface area contributed by atoms with Crippen molar-refractivity contribution in [3.8, 4) is 0 Å². The van der Waals surface area contributed by atoms with Crippen molar-refractivity contribution in [1.29, 1.82) is 0 Å². The smallest absolute Gasteiger partial charge is 0.0923 e. The van der Waals surface area contributed by atoms with Crippen molar-refractivity contribution in [3.05, 3.63) is 34.9 Å². The predicted octanol–water partition coefficient (Wildman–Crippen LogP) is 5.97. The zero-order valence-corrected chi connectivity index (χ0v) is 14.5. The molecule has 1 aliphatic heterocycles. The lowest BCUT2D eigenvalue weighted by Crippen LogP contribution is -2.09. The van der Waals surface area contributed by atoms with Crippen LogP contribution in [0.25, 0.3) is 0 Å². The number of rotatable bonds is 1. The molecule has 0 radical (unpaired) electrons. The van der Waals surface area contributed by atoms with E-state index in [1.54, 1.807) is 5.57 Å². The summed E-state index contributed by atoms with van der Waals surface area (Å²) in [6.07, 6.45) is 14.7. The molecule has 1 fully saturated rings. The third-order valence-electron chi connectivity index (χ3n) is 5.10. The summed E-state index contributed by atoms with van der Waals surface area (Å²) in [5.41, 5.74) is 4.74. The number of hydrogen-bond acceptors (Lipinski definition) is 1. The fourth-order valence-corrected chi connectivity index (χ4v) is 3.18. The molecular formula is C20H32O. The minimum absolute atomic E-state index is 0.153. The summed E-state index contributed by atoms with van der Waals surface area (Å²) in [4.78, 5) is 0. The van der Waals surface area contributed by atoms with E-state index >= 15 is 0 Å². The standard InChI is InChI=1S/C20H32O/c1-15(2)18-11-8-16(3)7-6-14-20(5)19(21-20)13-10-17(4)9-12-18/h7,9,12,15,19H,6,8,10-11,13-14H2,1-5H3/b16-7+,17-9+,18-12+. The van der Waals surface area contributed by atoms with Gasteiger partial charge in [-0.1, -0.05) is 48.8 Å². The quantitative estimate of drug-likeness (QED) is 0.427. The lowest BCUT2D eigenvalue weighted by molar-refractivity contribution is 0.295. The molecule has 1 heteroatoms. The minimum atomic E-state index is 0.153. The van der Waals surface area contributed by atoms with E-state index < -0.39 is 0 Å². The van der Waals surface area contributed by atoms with Gasteiger partial charge in [-0.3, -0.25) is 0 Å². The van der Waals surface area contributed by atoms with Crippen molar-refractivity contribution in [2.24, 2.45) is 5.92 Å². The maximum Gasteiger partial charge on any atom is 0.0923 e. The van der Waals surface area contributed by atoms with Crippen molar-refractivity contribution < 1.29 is 4.74 Å². The Hall–Kier alpha value is -0.820. The summed E-state index contributed by atoms with van der Waals surface area (Å²) in [6, 6.07) is 0. The maximum absolute atomic E-state index is 5.95. The van der Waals surface area contributed by atoms with E-state index in [2.05, 4.69) is 52.8 Å². The monoisotopic (exact) mass is 288 g/mol. The van der Waals surface area contributed by atoms with Crippen molar-refractivity contribution >= 4 is 0 Å². The largest absolute Gasteiger partial charge is 0.366 e. The Kier molecular flexibility index (Phi) is 5.48. The molecule has 1 heterocycles. The second kappa shape index (κ2) is 6.96. The first-order valence-electron chi connectivity index (χ1n) is 8.60. The molecule has 0 amide bonds. The van der Waals surface area contributed by atoms with Crippen LogP contribution < -0.4 is 0 Å². The number of fused-ring (bicyclic) bond motifs is 1. The second-order valence-electron chi connectivity index (χ2n) is 7.46. The minimum Gasteiger partial charge on any atom is -0.366 e. The topological polar surface area (TPSA) is 12.5 Å². The molecule has 1 saturated heterocycles. The average molecular weight is 288 g/mol. The Morgan fingerprint density at radius 2 is 1.86 bits per heavy atom. The highest BCUT2D eigenvalue weighted by atomic mass is 16.6. The zero-order chi connectivity index (χ0) is 15.5. The van der Waals surface area contributed by atoms with Gasteiger partial charge >= 0.3 is 0 Å². The Morgan fingerprint density at radius 3 is 2.57 bits per heavy atom. The first kappa shape index (κ1) is 16.5. The van der Waals surface area contributed by atoms with E-state index in [9.17, 15) is 0 Å². The highest BCUT2D eigenvalue weighted by Gasteiger charge is 2.50. The van der Waals surface area contributed by atoms with Gasteiger partial charge in [0.1, 0.15) is 0 Å². The van der Waals surface area contributed by atoms with Crippen molar-refractivity contribution in [1.82, 2.24) is 0 Å². The molecule has 21 heavy (non-hydrogen) atoms. The molecule has 0 saturated carbocycles. The molecule has 1 aliphatic carbocycles. The molecule has 2 aliphatic rings. The fourth-order valence-electron chi connectivity index (χ4n) is 3.18. The molecule has 118 valence electrons. The van der Waals surface area contributed by atoms with E-state index in [1.807, 2.05) is 0 Å². The summed E-state index contributed by atoms with van der Waals surface area (Å²) in [7, 11) is 0. The Labute approximate surface area is 131 Å². The third-order valence-corrected chi connectivity index (χ3v) is 5.10. The first-order valence-corrected chi connectivity index (χ1v) is 8.60. The third kappa shape index (κ3) is 4.85. The van der Waals surface area contributed by atoms with E-state index in [-0.39, 0.29) is 5.60 Å². The maximum atomic E-state index is 5.95. The van der Waals surface area contributed by atoms with Gasteiger partial charge in [-0.25, -0.2) is 0 Å². The van der Waals surface area contributed by atoms with E-state index in [1.165, 1.54) is 36.8 Å². The molecule has 1 nitrogen and oxygen atoms in total. The lowest BCUT2D eigenvalue weighted by atomic mass is 9.92. The zero-order valence-electron chi connectivity index (χ0n) is 14.5. The summed E-state index contributed by atoms with van der Waals surface area (Å²) in [6.45, 7) is 11.4. The van der Waals surface area contributed by atoms with Crippen LogP contribution >= 0.6 is 0 Å². The van der Waals surface area contributed by atoms with Crippen LogP contribution in [0.2, 0.25) is 0 Å². The number of allylic oxidation sites excluding steroid dienone is 6. The van der Waals surface area contributed by atoms with Crippen LogP contribution in [0.4, 0.5) is 0 Å². The molecule has 0 aromatic heterocycles. The fraction of sp³-hybridized carbons (Fsp3) is 0.700. The van der Waals surface area contributed by atoms with Gasteiger partial charge in [-0.15, -0.1) is 0 Å². The summed E-state index contributed by atoms with van der Waals surface area (Å²) < 4.78 is 5.95. The summed E-state index contributed by atoms with van der Waals surface area (Å²) in [5, 5.41) is 0. The molecule has 0 aromatic rings. The van der Waals surface area contributed by atoms with Crippen LogP contribution in [0.5, 0.6) is 0 Å². The number of epoxide rings is 1. The molecule has 2 rings (SSSR count). The highest BCUT2D eigenvalue weighted by Crippen LogP contribution is 2.43. The van der Waals surface area contributed by atoms with Crippen LogP contribution in [-0.2, 0) is 4.74 Å². The molecule has 2 atom stereocenters. The van der Waals surface area contributed by atoms with Gasteiger partial charge in [0.05, 0.1) is 11.7 Å². The van der Waals surface area contributed by atoms with Crippen molar-refractivity contribution in [3.63, 3.8) is 0 Å². The second-order valence-corrected chi connectivity index (χ2v) is 7.46. The summed E-state index contributed by atoms with van der Waals surface area (Å²) in [5.74, 6) is 0.643. The van der Waals surface area contributed by atoms with Gasteiger partial charge < -0.3 is 4.74 Å². The Balaban J connectivity index is 2.11. The van der Waals surface area contributed by atoms with Gasteiger partial charge in [0.15, 0.2) is 0 Å². The molecule has 0 bridgehead atoms. The molecule has 0 aromatic carbocycles. The van der Waals surface area contributed by atoms with Crippen LogP contribution in [0.3, 0.4) is 0 Å². The first-order chi connectivity index (χ1) is 9.90. The molecule has 0 spiro atoms. The van der Waals surface area contributed by atoms with Gasteiger partial charge in [-0.05, 0) is 65.2 Å². The van der Waals surface area contributed by atoms with Gasteiger partial charge in [0.2, 0.25) is 0 Å². The van der Waals surface area contributed by atoms with Gasteiger partial charge in [-0.2, -0.15) is 0 Å². The predicted molar refractivity (Wildman–Crippen MR) is 91.4 cm³/mol. The van der Waals surface area contributed by atoms with Crippen molar-refractivity contribution in [2.75, 3.05) is 0 Å². The lowest BCUT2D eigenvalue weighted by Gasteiger charge is -2.12. The molecule has 2 unspecified atom stereocenters. The number of hydrogen-bond donors (Lipinski definition) is 0. The van der Waals surface area contributed by atoms with Crippen LogP contribution in [-0.4, -0.2) is 11.7 Å². The van der Waals surface area contributed by atoms with Crippen LogP contribution in [0, 0.1) is 5.92 Å². The molecule has 0 N–H and O–H groups in total. The average Bonchev–Trinajstić information content (AvgIpc) is 3.06. The number of ether oxygens (including phenoxy) is 1. The van der Waals surface area contributed by atoms with Gasteiger partial charge in [0.25, 0.3) is 0 Å². The normalized spacial score (nSPS) is 39.1. The van der Waals surface area contributed by atoms with Gasteiger partial charge in [0, 0.05) is 0 Å². The Morgan fingerprint density at radius 1 is 1.10 bits per heavy atom. The SMILES string of the molecule is C/C1=C\CCC2(C)OC2CC/C(C)=C/C=C(/C(C)C)CC1. The van der Waals surface area contributed by atoms with E-state index in [4.69, 9.17) is 4.74 Å². The highest BCUT2D eigenvalue weighted by molar-refractivity contribution is 5.20. The van der Waals surface area contributed by atoms with E-state index in [0.29, 0.717) is 12.0 Å². The summed E-state index contributed by atoms with van der Waals surface area (Å²) >= 11 is 0. The van der Waals surface area contributed by atoms with Crippen LogP contribution in [0.15, 0.2) is 34.9 Å². The van der Waals surface area contributed by atoms with Crippen molar-refractivity contribution in [2.45, 2.75) is 84.8 Å².